The molecule has 0 radical (unpaired) electrons. The quantitative estimate of drug-likeness (QED) is 0.320. The summed E-state index contributed by atoms with van der Waals surface area (Å²) in [7, 11) is 0. The van der Waals surface area contributed by atoms with Crippen molar-refractivity contribution in [1.29, 1.82) is 0 Å². The number of hydrogen-bond donors (Lipinski definition) is 6. The van der Waals surface area contributed by atoms with Gasteiger partial charge in [-0.25, -0.2) is 0 Å². The minimum Gasteiger partial charge on any atom is -0.395 e. The molecule has 20 heavy (non-hydrogen) atoms. The van der Waals surface area contributed by atoms with Gasteiger partial charge in [0.15, 0.2) is 0 Å². The molecule has 8 heteroatoms. The molecule has 6 N–H and O–H groups in total. The lowest BCUT2D eigenvalue weighted by atomic mass is 9.90. The topological polar surface area (TPSA) is 122 Å². The summed E-state index contributed by atoms with van der Waals surface area (Å²) < 4.78 is 0. The molecule has 0 bridgehead atoms. The number of rotatable bonds is 6. The summed E-state index contributed by atoms with van der Waals surface area (Å²) in [6.07, 6.45) is -1.27. The third-order valence-corrected chi connectivity index (χ3v) is 3.41. The minimum atomic E-state index is -1.45. The van der Waals surface area contributed by atoms with Gasteiger partial charge in [-0.05, 0) is 6.42 Å². The van der Waals surface area contributed by atoms with Crippen LogP contribution in [0.2, 0.25) is 0 Å². The fraction of sp³-hybridized carbons (Fsp3) is 0.917. The lowest BCUT2D eigenvalue weighted by Crippen LogP contribution is -2.69. The van der Waals surface area contributed by atoms with Gasteiger partial charge in [0, 0.05) is 6.54 Å². The van der Waals surface area contributed by atoms with Gasteiger partial charge in [-0.2, -0.15) is 0 Å². The summed E-state index contributed by atoms with van der Waals surface area (Å²) in [5.74, 6) is -0.437. The van der Waals surface area contributed by atoms with Crippen molar-refractivity contribution in [3.8, 4) is 0 Å². The average Bonchev–Trinajstić information content (AvgIpc) is 2.41. The summed E-state index contributed by atoms with van der Waals surface area (Å²) in [6.45, 7) is 2.13. The van der Waals surface area contributed by atoms with Crippen LogP contribution < -0.4 is 10.6 Å². The molecule has 7 nitrogen and oxygen atoms in total. The molecular formula is C12H25ClN2O5. The Labute approximate surface area is 124 Å². The maximum atomic E-state index is 11.9. The molecule has 1 aliphatic heterocycles. The Bertz CT molecular complexity index is 293. The smallest absolute Gasteiger partial charge is 0.239 e. The highest BCUT2D eigenvalue weighted by molar-refractivity contribution is 5.85. The first-order chi connectivity index (χ1) is 9.02. The number of halogens is 1. The summed E-state index contributed by atoms with van der Waals surface area (Å²) >= 11 is 0. The fourth-order valence-corrected chi connectivity index (χ4v) is 2.15. The summed E-state index contributed by atoms with van der Waals surface area (Å²) in [5.41, 5.74) is 0. The van der Waals surface area contributed by atoms with Crippen LogP contribution in [0.1, 0.15) is 26.2 Å². The van der Waals surface area contributed by atoms with E-state index in [2.05, 4.69) is 17.6 Å². The van der Waals surface area contributed by atoms with Crippen LogP contribution in [0.15, 0.2) is 0 Å². The minimum absolute atomic E-state index is 0. The number of nitrogens with one attached hydrogen (secondary N) is 2. The van der Waals surface area contributed by atoms with Crippen molar-refractivity contribution < 1.29 is 25.2 Å². The normalized spacial score (nSPS) is 33.4. The number of aliphatic hydroxyl groups is 4. The zero-order valence-corrected chi connectivity index (χ0v) is 12.3. The lowest BCUT2D eigenvalue weighted by Gasteiger charge is -2.40. The van der Waals surface area contributed by atoms with Crippen molar-refractivity contribution in [2.24, 2.45) is 0 Å². The Morgan fingerprint density at radius 1 is 1.15 bits per heavy atom. The molecule has 0 aromatic carbocycles. The van der Waals surface area contributed by atoms with Crippen molar-refractivity contribution >= 4 is 18.3 Å². The molecular weight excluding hydrogens is 288 g/mol. The lowest BCUT2D eigenvalue weighted by molar-refractivity contribution is -0.145. The number of piperidine rings is 1. The van der Waals surface area contributed by atoms with E-state index in [-0.39, 0.29) is 12.4 Å². The number of unbranched alkanes of at least 4 members (excludes halogenated alkanes) is 2. The second-order valence-corrected chi connectivity index (χ2v) is 4.90. The molecule has 1 amide bonds. The van der Waals surface area contributed by atoms with Gasteiger partial charge in [-0.15, -0.1) is 12.4 Å². The van der Waals surface area contributed by atoms with Gasteiger partial charge in [-0.1, -0.05) is 19.8 Å². The van der Waals surface area contributed by atoms with Crippen molar-refractivity contribution in [1.82, 2.24) is 10.6 Å². The summed E-state index contributed by atoms with van der Waals surface area (Å²) in [5, 5.41) is 43.4. The highest BCUT2D eigenvalue weighted by Gasteiger charge is 2.44. The maximum absolute atomic E-state index is 11.9. The van der Waals surface area contributed by atoms with E-state index in [0.29, 0.717) is 6.54 Å². The van der Waals surface area contributed by atoms with Gasteiger partial charge in [-0.3, -0.25) is 10.1 Å². The third kappa shape index (κ3) is 4.83. The molecule has 1 saturated heterocycles. The molecule has 1 fully saturated rings. The van der Waals surface area contributed by atoms with Crippen LogP contribution in [0.4, 0.5) is 0 Å². The Morgan fingerprint density at radius 2 is 1.80 bits per heavy atom. The number of amides is 1. The molecule has 5 atom stereocenters. The zero-order valence-electron chi connectivity index (χ0n) is 11.5. The average molecular weight is 313 g/mol. The van der Waals surface area contributed by atoms with Gasteiger partial charge < -0.3 is 25.7 Å². The van der Waals surface area contributed by atoms with Crippen molar-refractivity contribution in [3.05, 3.63) is 0 Å². The number of hydrogen-bond acceptors (Lipinski definition) is 6. The van der Waals surface area contributed by atoms with Crippen LogP contribution in [0, 0.1) is 0 Å². The second kappa shape index (κ2) is 9.49. The fourth-order valence-electron chi connectivity index (χ4n) is 2.15. The van der Waals surface area contributed by atoms with Crippen LogP contribution in [0.25, 0.3) is 0 Å². The molecule has 1 rings (SSSR count). The molecule has 0 aromatic rings. The first kappa shape index (κ1) is 19.6. The largest absolute Gasteiger partial charge is 0.395 e. The Morgan fingerprint density at radius 3 is 2.35 bits per heavy atom. The van der Waals surface area contributed by atoms with Crippen LogP contribution in [0.3, 0.4) is 0 Å². The van der Waals surface area contributed by atoms with Gasteiger partial charge in [0.05, 0.1) is 12.6 Å². The van der Waals surface area contributed by atoms with E-state index < -0.39 is 42.9 Å². The van der Waals surface area contributed by atoms with Gasteiger partial charge in [0.1, 0.15) is 24.4 Å². The zero-order chi connectivity index (χ0) is 14.4. The summed E-state index contributed by atoms with van der Waals surface area (Å²) in [4.78, 5) is 11.9. The van der Waals surface area contributed by atoms with E-state index in [0.717, 1.165) is 19.3 Å². The molecule has 120 valence electrons. The molecule has 0 unspecified atom stereocenters. The molecule has 0 aliphatic carbocycles. The molecule has 0 spiro atoms. The van der Waals surface area contributed by atoms with E-state index >= 15 is 0 Å². The molecule has 1 heterocycles. The van der Waals surface area contributed by atoms with Crippen LogP contribution in [0.5, 0.6) is 0 Å². The first-order valence-electron chi connectivity index (χ1n) is 6.71. The monoisotopic (exact) mass is 312 g/mol. The van der Waals surface area contributed by atoms with E-state index in [4.69, 9.17) is 5.11 Å². The summed E-state index contributed by atoms with van der Waals surface area (Å²) in [6, 6.07) is -1.86. The van der Waals surface area contributed by atoms with Crippen LogP contribution in [-0.4, -0.2) is 69.9 Å². The van der Waals surface area contributed by atoms with E-state index in [1.165, 1.54) is 0 Å². The van der Waals surface area contributed by atoms with Crippen molar-refractivity contribution in [2.75, 3.05) is 13.2 Å². The second-order valence-electron chi connectivity index (χ2n) is 4.90. The van der Waals surface area contributed by atoms with Gasteiger partial charge >= 0.3 is 0 Å². The molecule has 0 saturated carbocycles. The third-order valence-electron chi connectivity index (χ3n) is 3.41. The number of aliphatic hydroxyl groups excluding tert-OH is 4. The van der Waals surface area contributed by atoms with E-state index in [1.807, 2.05) is 0 Å². The van der Waals surface area contributed by atoms with E-state index in [9.17, 15) is 20.1 Å². The predicted molar refractivity (Wildman–Crippen MR) is 75.6 cm³/mol. The number of carbonyl (C=O) groups excluding carboxylic acids is 1. The SMILES string of the molecule is CCCCCNC(=O)[C@H]1N[C@@H](CO)[C@@H](O)[C@H](O)[C@H]1O.Cl. The van der Waals surface area contributed by atoms with Gasteiger partial charge in [0.25, 0.3) is 0 Å². The first-order valence-corrected chi connectivity index (χ1v) is 6.71. The van der Waals surface area contributed by atoms with E-state index in [1.54, 1.807) is 0 Å². The molecule has 0 aromatic heterocycles. The highest BCUT2D eigenvalue weighted by atomic mass is 35.5. The van der Waals surface area contributed by atoms with Crippen LogP contribution in [-0.2, 0) is 4.79 Å². The highest BCUT2D eigenvalue weighted by Crippen LogP contribution is 2.15. The standard InChI is InChI=1S/C12H24N2O5.ClH/c1-2-3-4-5-13-12(19)8-10(17)11(18)9(16)7(6-15)14-8;/h7-11,14-18H,2-6H2,1H3,(H,13,19);1H/t7-,8-,9+,10-,11-;/m0./s1. The predicted octanol–water partition coefficient (Wildman–Crippen LogP) is -1.87. The van der Waals surface area contributed by atoms with Crippen molar-refractivity contribution in [2.45, 2.75) is 56.6 Å². The molecule has 1 aliphatic rings. The number of carbonyl (C=O) groups is 1. The maximum Gasteiger partial charge on any atom is 0.239 e. The van der Waals surface area contributed by atoms with Crippen LogP contribution >= 0.6 is 12.4 Å². The Hall–Kier alpha value is -0.440. The Kier molecular flexibility index (Phi) is 9.28. The van der Waals surface area contributed by atoms with Crippen molar-refractivity contribution in [3.63, 3.8) is 0 Å². The Balaban J connectivity index is 0.00000361. The van der Waals surface area contributed by atoms with Gasteiger partial charge in [0.2, 0.25) is 5.91 Å².